The number of para-hydroxylation sites is 1. The van der Waals surface area contributed by atoms with Crippen molar-refractivity contribution in [2.75, 3.05) is 0 Å². The van der Waals surface area contributed by atoms with Gasteiger partial charge in [0.1, 0.15) is 0 Å². The molecule has 0 saturated carbocycles. The zero-order chi connectivity index (χ0) is 16.2. The summed E-state index contributed by atoms with van der Waals surface area (Å²) >= 11 is 3.46. The van der Waals surface area contributed by atoms with E-state index in [0.717, 1.165) is 15.7 Å². The van der Waals surface area contributed by atoms with Crippen LogP contribution in [0.25, 0.3) is 5.69 Å². The van der Waals surface area contributed by atoms with E-state index in [4.69, 9.17) is 0 Å². The van der Waals surface area contributed by atoms with E-state index in [1.54, 1.807) is 10.9 Å². The highest BCUT2D eigenvalue weighted by atomic mass is 79.9. The molecular formula is C17H15BrN4O. The summed E-state index contributed by atoms with van der Waals surface area (Å²) in [4.78, 5) is 12.2. The van der Waals surface area contributed by atoms with Crippen LogP contribution >= 0.6 is 15.9 Å². The predicted molar refractivity (Wildman–Crippen MR) is 91.4 cm³/mol. The second-order valence-corrected chi connectivity index (χ2v) is 6.02. The molecule has 116 valence electrons. The van der Waals surface area contributed by atoms with Gasteiger partial charge >= 0.3 is 0 Å². The van der Waals surface area contributed by atoms with Gasteiger partial charge < -0.3 is 5.32 Å². The standard InChI is InChI=1S/C17H15BrN4O/c1-12-6-8-13(9-7-12)10-19-17(23)15-11-22(21-20-15)16-5-3-2-4-14(16)18/h2-9,11H,10H2,1H3,(H,19,23). The molecule has 0 bridgehead atoms. The zero-order valence-electron chi connectivity index (χ0n) is 12.5. The topological polar surface area (TPSA) is 59.8 Å². The van der Waals surface area contributed by atoms with Gasteiger partial charge in [-0.3, -0.25) is 4.79 Å². The van der Waals surface area contributed by atoms with Gasteiger partial charge in [0.15, 0.2) is 5.69 Å². The van der Waals surface area contributed by atoms with E-state index < -0.39 is 0 Å². The van der Waals surface area contributed by atoms with E-state index in [1.165, 1.54) is 5.56 Å². The van der Waals surface area contributed by atoms with Crippen LogP contribution in [0.5, 0.6) is 0 Å². The van der Waals surface area contributed by atoms with Crippen LogP contribution < -0.4 is 5.32 Å². The molecule has 1 N–H and O–H groups in total. The van der Waals surface area contributed by atoms with Crippen molar-refractivity contribution < 1.29 is 4.79 Å². The molecule has 23 heavy (non-hydrogen) atoms. The molecule has 1 aromatic heterocycles. The number of carbonyl (C=O) groups excluding carboxylic acids is 1. The number of halogens is 1. The van der Waals surface area contributed by atoms with Crippen molar-refractivity contribution in [2.45, 2.75) is 13.5 Å². The Hall–Kier alpha value is -2.47. The van der Waals surface area contributed by atoms with E-state index >= 15 is 0 Å². The first-order valence-electron chi connectivity index (χ1n) is 7.14. The molecule has 0 unspecified atom stereocenters. The third-order valence-corrected chi connectivity index (χ3v) is 4.07. The largest absolute Gasteiger partial charge is 0.347 e. The molecule has 0 aliphatic rings. The summed E-state index contributed by atoms with van der Waals surface area (Å²) < 4.78 is 2.46. The highest BCUT2D eigenvalue weighted by Crippen LogP contribution is 2.19. The Bertz CT molecular complexity index is 827. The minimum absolute atomic E-state index is 0.246. The Kier molecular flexibility index (Phi) is 4.52. The van der Waals surface area contributed by atoms with Gasteiger partial charge in [-0.15, -0.1) is 5.10 Å². The van der Waals surface area contributed by atoms with Crippen molar-refractivity contribution in [3.63, 3.8) is 0 Å². The molecule has 3 rings (SSSR count). The molecular weight excluding hydrogens is 356 g/mol. The molecule has 0 radical (unpaired) electrons. The number of amides is 1. The molecule has 1 heterocycles. The fourth-order valence-corrected chi connectivity index (χ4v) is 2.57. The summed E-state index contributed by atoms with van der Waals surface area (Å²) in [6.07, 6.45) is 1.62. The first-order chi connectivity index (χ1) is 11.1. The third kappa shape index (κ3) is 3.65. The number of nitrogens with zero attached hydrogens (tertiary/aromatic N) is 3. The Morgan fingerprint density at radius 2 is 1.91 bits per heavy atom. The SMILES string of the molecule is Cc1ccc(CNC(=O)c2cn(-c3ccccc3Br)nn2)cc1. The molecule has 0 atom stereocenters. The van der Waals surface area contributed by atoms with Crippen molar-refractivity contribution in [3.05, 3.63) is 76.0 Å². The molecule has 5 nitrogen and oxygen atoms in total. The maximum atomic E-state index is 12.2. The van der Waals surface area contributed by atoms with E-state index in [-0.39, 0.29) is 11.6 Å². The van der Waals surface area contributed by atoms with Gasteiger partial charge in [-0.2, -0.15) is 0 Å². The minimum Gasteiger partial charge on any atom is -0.347 e. The molecule has 6 heteroatoms. The van der Waals surface area contributed by atoms with Gasteiger partial charge in [-0.1, -0.05) is 47.2 Å². The lowest BCUT2D eigenvalue weighted by atomic mass is 10.1. The quantitative estimate of drug-likeness (QED) is 0.766. The van der Waals surface area contributed by atoms with Gasteiger partial charge in [0, 0.05) is 11.0 Å². The van der Waals surface area contributed by atoms with Gasteiger partial charge in [0.25, 0.3) is 5.91 Å². The lowest BCUT2D eigenvalue weighted by molar-refractivity contribution is 0.0946. The van der Waals surface area contributed by atoms with Crippen LogP contribution in [0.2, 0.25) is 0 Å². The summed E-state index contributed by atoms with van der Waals surface area (Å²) in [5.41, 5.74) is 3.35. The second-order valence-electron chi connectivity index (χ2n) is 5.17. The summed E-state index contributed by atoms with van der Waals surface area (Å²) in [7, 11) is 0. The van der Waals surface area contributed by atoms with Crippen LogP contribution in [0, 0.1) is 6.92 Å². The van der Waals surface area contributed by atoms with Gasteiger partial charge in [-0.25, -0.2) is 4.68 Å². The minimum atomic E-state index is -0.246. The molecule has 0 aliphatic heterocycles. The molecule has 0 spiro atoms. The molecule has 2 aromatic carbocycles. The normalized spacial score (nSPS) is 10.5. The second kappa shape index (κ2) is 6.75. The van der Waals surface area contributed by atoms with Crippen molar-refractivity contribution in [2.24, 2.45) is 0 Å². The number of aromatic nitrogens is 3. The van der Waals surface area contributed by atoms with Crippen molar-refractivity contribution in [3.8, 4) is 5.69 Å². The van der Waals surface area contributed by atoms with Crippen LogP contribution in [0.3, 0.4) is 0 Å². The highest BCUT2D eigenvalue weighted by Gasteiger charge is 2.12. The summed E-state index contributed by atoms with van der Waals surface area (Å²) in [5, 5.41) is 10.8. The molecule has 0 fully saturated rings. The maximum Gasteiger partial charge on any atom is 0.273 e. The summed E-state index contributed by atoms with van der Waals surface area (Å²) in [5.74, 6) is -0.246. The van der Waals surface area contributed by atoms with E-state index in [9.17, 15) is 4.79 Å². The van der Waals surface area contributed by atoms with Crippen molar-refractivity contribution in [1.29, 1.82) is 0 Å². The zero-order valence-corrected chi connectivity index (χ0v) is 14.1. The first-order valence-corrected chi connectivity index (χ1v) is 7.94. The smallest absolute Gasteiger partial charge is 0.273 e. The lowest BCUT2D eigenvalue weighted by Gasteiger charge is -2.04. The average Bonchev–Trinajstić information content (AvgIpc) is 3.04. The van der Waals surface area contributed by atoms with E-state index in [1.807, 2.05) is 55.5 Å². The van der Waals surface area contributed by atoms with Crippen LogP contribution in [0.15, 0.2) is 59.2 Å². The maximum absolute atomic E-state index is 12.2. The molecule has 0 aliphatic carbocycles. The predicted octanol–water partition coefficient (Wildman–Crippen LogP) is 3.27. The number of hydrogen-bond donors (Lipinski definition) is 1. The highest BCUT2D eigenvalue weighted by molar-refractivity contribution is 9.10. The number of benzene rings is 2. The van der Waals surface area contributed by atoms with Crippen molar-refractivity contribution in [1.82, 2.24) is 20.3 Å². The first kappa shape index (κ1) is 15.4. The van der Waals surface area contributed by atoms with Crippen molar-refractivity contribution >= 4 is 21.8 Å². The molecule has 0 saturated heterocycles. The fourth-order valence-electron chi connectivity index (χ4n) is 2.10. The number of hydrogen-bond acceptors (Lipinski definition) is 3. The summed E-state index contributed by atoms with van der Waals surface area (Å²) in [6.45, 7) is 2.49. The number of nitrogens with one attached hydrogen (secondary N) is 1. The van der Waals surface area contributed by atoms with Crippen LogP contribution in [0.1, 0.15) is 21.6 Å². The Morgan fingerprint density at radius 1 is 1.17 bits per heavy atom. The molecule has 3 aromatic rings. The number of rotatable bonds is 4. The van der Waals surface area contributed by atoms with E-state index in [2.05, 4.69) is 31.6 Å². The molecule has 1 amide bonds. The Morgan fingerprint density at radius 3 is 2.65 bits per heavy atom. The van der Waals surface area contributed by atoms with Crippen LogP contribution in [-0.4, -0.2) is 20.9 Å². The Balaban J connectivity index is 1.69. The monoisotopic (exact) mass is 370 g/mol. The van der Waals surface area contributed by atoms with Gasteiger partial charge in [0.05, 0.1) is 11.9 Å². The summed E-state index contributed by atoms with van der Waals surface area (Å²) in [6, 6.07) is 15.6. The van der Waals surface area contributed by atoms with Gasteiger partial charge in [0.2, 0.25) is 0 Å². The number of carbonyl (C=O) groups is 1. The third-order valence-electron chi connectivity index (χ3n) is 3.40. The average molecular weight is 371 g/mol. The Labute approximate surface area is 142 Å². The number of aryl methyl sites for hydroxylation is 1. The van der Waals surface area contributed by atoms with Gasteiger partial charge in [-0.05, 0) is 40.5 Å². The van der Waals surface area contributed by atoms with E-state index in [0.29, 0.717) is 6.54 Å². The van der Waals surface area contributed by atoms with Crippen LogP contribution in [0.4, 0.5) is 0 Å². The lowest BCUT2D eigenvalue weighted by Crippen LogP contribution is -2.23. The fraction of sp³-hybridized carbons (Fsp3) is 0.118. The van der Waals surface area contributed by atoms with Crippen LogP contribution in [-0.2, 0) is 6.54 Å².